The van der Waals surface area contributed by atoms with Crippen LogP contribution in [0, 0.1) is 0 Å². The summed E-state index contributed by atoms with van der Waals surface area (Å²) in [5.74, 6) is 0.404. The fraction of sp³-hybridized carbons (Fsp3) is 0.0833. The summed E-state index contributed by atoms with van der Waals surface area (Å²) >= 11 is 12.4. The van der Waals surface area contributed by atoms with Gasteiger partial charge in [0, 0.05) is 21.2 Å². The number of benzene rings is 3. The molecule has 0 spiro atoms. The predicted octanol–water partition coefficient (Wildman–Crippen LogP) is 6.38. The molecular weight excluding hydrogens is 419 g/mol. The van der Waals surface area contributed by atoms with Crippen molar-refractivity contribution < 1.29 is 9.53 Å². The van der Waals surface area contributed by atoms with Gasteiger partial charge in [-0.2, -0.15) is 10.1 Å². The molecule has 4 rings (SSSR count). The van der Waals surface area contributed by atoms with E-state index in [0.717, 1.165) is 5.56 Å². The third-order valence-electron chi connectivity index (χ3n) is 4.68. The summed E-state index contributed by atoms with van der Waals surface area (Å²) < 4.78 is 6.00. The topological polar surface area (TPSA) is 41.9 Å². The standard InChI is InChI=1S/C24H18Cl2N2O2/c1-16-21(24(29)28(27-16)20-8-3-2-4-9-20)14-18-13-19(25)11-12-23(18)30-15-17-7-5-6-10-22(17)26/h2-14H,15H2,1H3/b21-14+. The van der Waals surface area contributed by atoms with E-state index in [1.807, 2.05) is 61.5 Å². The quantitative estimate of drug-likeness (QED) is 0.435. The number of carbonyl (C=O) groups excluding carboxylic acids is 1. The van der Waals surface area contributed by atoms with Crippen LogP contribution in [0.5, 0.6) is 5.75 Å². The van der Waals surface area contributed by atoms with Crippen LogP contribution in [-0.2, 0) is 11.4 Å². The molecule has 1 aliphatic rings. The van der Waals surface area contributed by atoms with Gasteiger partial charge in [0.15, 0.2) is 0 Å². The first-order valence-electron chi connectivity index (χ1n) is 9.35. The maximum absolute atomic E-state index is 13.0. The first-order chi connectivity index (χ1) is 14.5. The molecule has 0 bridgehead atoms. The van der Waals surface area contributed by atoms with Crippen molar-refractivity contribution in [1.82, 2.24) is 0 Å². The number of ether oxygens (including phenoxy) is 1. The molecule has 1 heterocycles. The Morgan fingerprint density at radius 1 is 1.00 bits per heavy atom. The van der Waals surface area contributed by atoms with Gasteiger partial charge in [-0.25, -0.2) is 0 Å². The summed E-state index contributed by atoms with van der Waals surface area (Å²) in [7, 11) is 0. The second-order valence-corrected chi connectivity index (χ2v) is 7.60. The maximum atomic E-state index is 13.0. The van der Waals surface area contributed by atoms with Crippen LogP contribution in [0.2, 0.25) is 10.0 Å². The highest BCUT2D eigenvalue weighted by Gasteiger charge is 2.28. The molecule has 0 radical (unpaired) electrons. The first-order valence-corrected chi connectivity index (χ1v) is 10.1. The van der Waals surface area contributed by atoms with Crippen LogP contribution >= 0.6 is 23.2 Å². The minimum Gasteiger partial charge on any atom is -0.488 e. The lowest BCUT2D eigenvalue weighted by Gasteiger charge is -2.12. The van der Waals surface area contributed by atoms with E-state index < -0.39 is 0 Å². The molecular formula is C24H18Cl2N2O2. The first kappa shape index (κ1) is 20.2. The second-order valence-electron chi connectivity index (χ2n) is 6.76. The van der Waals surface area contributed by atoms with Gasteiger partial charge in [-0.05, 0) is 49.4 Å². The van der Waals surface area contributed by atoms with Crippen LogP contribution in [0.3, 0.4) is 0 Å². The minimum absolute atomic E-state index is 0.198. The van der Waals surface area contributed by atoms with Crippen LogP contribution < -0.4 is 9.75 Å². The van der Waals surface area contributed by atoms with Gasteiger partial charge >= 0.3 is 0 Å². The molecule has 0 unspecified atom stereocenters. The van der Waals surface area contributed by atoms with Crippen molar-refractivity contribution in [2.24, 2.45) is 5.10 Å². The SMILES string of the molecule is CC1=NN(c2ccccc2)C(=O)/C1=C/c1cc(Cl)ccc1OCc1ccccc1Cl. The number of hydrazone groups is 1. The van der Waals surface area contributed by atoms with E-state index in [2.05, 4.69) is 5.10 Å². The van der Waals surface area contributed by atoms with E-state index in [0.29, 0.717) is 44.9 Å². The number of hydrogen-bond donors (Lipinski definition) is 0. The lowest BCUT2D eigenvalue weighted by molar-refractivity contribution is -0.114. The molecule has 3 aromatic rings. The average Bonchev–Trinajstić information content (AvgIpc) is 3.03. The Balaban J connectivity index is 1.63. The Kier molecular flexibility index (Phi) is 5.88. The number of nitrogens with zero attached hydrogens (tertiary/aromatic N) is 2. The van der Waals surface area contributed by atoms with Gasteiger partial charge in [0.2, 0.25) is 0 Å². The number of carbonyl (C=O) groups is 1. The van der Waals surface area contributed by atoms with Crippen molar-refractivity contribution in [3.8, 4) is 5.75 Å². The second kappa shape index (κ2) is 8.74. The number of anilines is 1. The third-order valence-corrected chi connectivity index (χ3v) is 5.28. The summed E-state index contributed by atoms with van der Waals surface area (Å²) in [5.41, 5.74) is 3.40. The fourth-order valence-electron chi connectivity index (χ4n) is 3.12. The van der Waals surface area contributed by atoms with E-state index in [1.165, 1.54) is 5.01 Å². The maximum Gasteiger partial charge on any atom is 0.280 e. The Morgan fingerprint density at radius 3 is 2.50 bits per heavy atom. The van der Waals surface area contributed by atoms with Crippen molar-refractivity contribution in [3.63, 3.8) is 0 Å². The Morgan fingerprint density at radius 2 is 1.73 bits per heavy atom. The van der Waals surface area contributed by atoms with E-state index >= 15 is 0 Å². The smallest absolute Gasteiger partial charge is 0.280 e. The zero-order chi connectivity index (χ0) is 21.1. The van der Waals surface area contributed by atoms with Crippen molar-refractivity contribution in [3.05, 3.63) is 99.5 Å². The molecule has 150 valence electrons. The summed E-state index contributed by atoms with van der Waals surface area (Å²) in [5, 5.41) is 7.00. The monoisotopic (exact) mass is 436 g/mol. The lowest BCUT2D eigenvalue weighted by Crippen LogP contribution is -2.21. The molecule has 4 nitrogen and oxygen atoms in total. The molecule has 1 aliphatic heterocycles. The van der Waals surface area contributed by atoms with Gasteiger partial charge in [-0.3, -0.25) is 4.79 Å². The van der Waals surface area contributed by atoms with Crippen LogP contribution in [0.25, 0.3) is 6.08 Å². The number of hydrogen-bond acceptors (Lipinski definition) is 3. The Hall–Kier alpha value is -3.08. The molecule has 0 aliphatic carbocycles. The van der Waals surface area contributed by atoms with Gasteiger partial charge in [0.1, 0.15) is 12.4 Å². The van der Waals surface area contributed by atoms with Gasteiger partial charge < -0.3 is 4.74 Å². The molecule has 0 saturated carbocycles. The fourth-order valence-corrected chi connectivity index (χ4v) is 3.49. The van der Waals surface area contributed by atoms with Crippen molar-refractivity contribution in [2.45, 2.75) is 13.5 Å². The highest BCUT2D eigenvalue weighted by atomic mass is 35.5. The van der Waals surface area contributed by atoms with Crippen molar-refractivity contribution in [2.75, 3.05) is 5.01 Å². The summed E-state index contributed by atoms with van der Waals surface area (Å²) in [6.45, 7) is 2.11. The number of amides is 1. The molecule has 0 fully saturated rings. The molecule has 0 N–H and O–H groups in total. The van der Waals surface area contributed by atoms with E-state index in [-0.39, 0.29) is 5.91 Å². The van der Waals surface area contributed by atoms with Crippen LogP contribution in [-0.4, -0.2) is 11.6 Å². The molecule has 0 atom stereocenters. The van der Waals surface area contributed by atoms with Crippen LogP contribution in [0.1, 0.15) is 18.1 Å². The molecule has 0 saturated heterocycles. The predicted molar refractivity (Wildman–Crippen MR) is 122 cm³/mol. The highest BCUT2D eigenvalue weighted by Crippen LogP contribution is 2.30. The summed E-state index contributed by atoms with van der Waals surface area (Å²) in [6.07, 6.45) is 1.76. The largest absolute Gasteiger partial charge is 0.488 e. The average molecular weight is 437 g/mol. The molecule has 1 amide bonds. The zero-order valence-corrected chi connectivity index (χ0v) is 17.7. The van der Waals surface area contributed by atoms with E-state index in [9.17, 15) is 4.79 Å². The lowest BCUT2D eigenvalue weighted by atomic mass is 10.1. The molecule has 30 heavy (non-hydrogen) atoms. The normalized spacial score (nSPS) is 14.9. The highest BCUT2D eigenvalue weighted by molar-refractivity contribution is 6.33. The van der Waals surface area contributed by atoms with Crippen LogP contribution in [0.15, 0.2) is 83.5 Å². The number of para-hydroxylation sites is 1. The number of halogens is 2. The van der Waals surface area contributed by atoms with E-state index in [1.54, 1.807) is 24.3 Å². The molecule has 3 aromatic carbocycles. The Labute approximate surface area is 185 Å². The summed E-state index contributed by atoms with van der Waals surface area (Å²) in [4.78, 5) is 13.0. The number of rotatable bonds is 5. The van der Waals surface area contributed by atoms with E-state index in [4.69, 9.17) is 27.9 Å². The van der Waals surface area contributed by atoms with Gasteiger partial charge in [0.25, 0.3) is 5.91 Å². The van der Waals surface area contributed by atoms with Crippen molar-refractivity contribution >= 4 is 46.6 Å². The van der Waals surface area contributed by atoms with Gasteiger partial charge in [-0.1, -0.05) is 59.6 Å². The summed E-state index contributed by atoms with van der Waals surface area (Å²) in [6, 6.07) is 22.1. The van der Waals surface area contributed by atoms with Crippen molar-refractivity contribution in [1.29, 1.82) is 0 Å². The zero-order valence-electron chi connectivity index (χ0n) is 16.2. The van der Waals surface area contributed by atoms with Gasteiger partial charge in [-0.15, -0.1) is 0 Å². The molecule has 6 heteroatoms. The third kappa shape index (κ3) is 4.25. The van der Waals surface area contributed by atoms with Gasteiger partial charge in [0.05, 0.1) is 17.0 Å². The minimum atomic E-state index is -0.198. The Bertz CT molecular complexity index is 1160. The molecule has 0 aromatic heterocycles. The van der Waals surface area contributed by atoms with Crippen LogP contribution in [0.4, 0.5) is 5.69 Å².